The number of hydrogen-bond acceptors (Lipinski definition) is 2. The number of nitrogens with zero attached hydrogens (tertiary/aromatic N) is 1. The molecule has 0 aromatic heterocycles. The molecule has 18 heavy (non-hydrogen) atoms. The summed E-state index contributed by atoms with van der Waals surface area (Å²) in [6.07, 6.45) is 6.91. The van der Waals surface area contributed by atoms with Crippen LogP contribution >= 0.6 is 0 Å². The van der Waals surface area contributed by atoms with Gasteiger partial charge in [0.05, 0.1) is 0 Å². The fraction of sp³-hybridized carbons (Fsp3) is 1.00. The lowest BCUT2D eigenvalue weighted by Crippen LogP contribution is -2.34. The summed E-state index contributed by atoms with van der Waals surface area (Å²) in [6, 6.07) is 0. The Kier molecular flexibility index (Phi) is 7.25. The van der Waals surface area contributed by atoms with E-state index in [1.165, 1.54) is 58.3 Å². The highest BCUT2D eigenvalue weighted by molar-refractivity contribution is 4.81. The average molecular weight is 254 g/mol. The number of rotatable bonds is 9. The molecule has 1 unspecified atom stereocenters. The number of hydrogen-bond donors (Lipinski definition) is 1. The minimum absolute atomic E-state index is 0.502. The molecule has 0 amide bonds. The molecule has 2 heteroatoms. The van der Waals surface area contributed by atoms with Gasteiger partial charge in [-0.1, -0.05) is 47.0 Å². The van der Waals surface area contributed by atoms with E-state index < -0.39 is 0 Å². The van der Waals surface area contributed by atoms with Gasteiger partial charge < -0.3 is 10.2 Å². The maximum atomic E-state index is 3.49. The number of unbranched alkanes of at least 4 members (excludes halogenated alkanes) is 2. The summed E-state index contributed by atoms with van der Waals surface area (Å²) in [6.45, 7) is 15.6. The summed E-state index contributed by atoms with van der Waals surface area (Å²) >= 11 is 0. The molecular weight excluding hydrogens is 220 g/mol. The monoisotopic (exact) mass is 254 g/mol. The van der Waals surface area contributed by atoms with Gasteiger partial charge in [-0.05, 0) is 43.8 Å². The van der Waals surface area contributed by atoms with E-state index in [1.807, 2.05) is 0 Å². The Hall–Kier alpha value is -0.0800. The SMILES string of the molecule is CCCCCC(C)(C)CN1CCC(CNCC)C1. The van der Waals surface area contributed by atoms with E-state index in [-0.39, 0.29) is 0 Å². The van der Waals surface area contributed by atoms with Crippen LogP contribution in [0, 0.1) is 11.3 Å². The van der Waals surface area contributed by atoms with Crippen molar-refractivity contribution < 1.29 is 0 Å². The highest BCUT2D eigenvalue weighted by Crippen LogP contribution is 2.27. The van der Waals surface area contributed by atoms with Crippen molar-refractivity contribution in [2.24, 2.45) is 11.3 Å². The van der Waals surface area contributed by atoms with Gasteiger partial charge in [0, 0.05) is 13.1 Å². The van der Waals surface area contributed by atoms with Gasteiger partial charge in [0.1, 0.15) is 0 Å². The van der Waals surface area contributed by atoms with E-state index in [0.29, 0.717) is 5.41 Å². The number of likely N-dealkylation sites (tertiary alicyclic amines) is 1. The Bertz CT molecular complexity index is 213. The molecule has 1 rings (SSSR count). The van der Waals surface area contributed by atoms with Crippen LogP contribution in [0.5, 0.6) is 0 Å². The standard InChI is InChI=1S/C16H34N2/c1-5-7-8-10-16(3,4)14-18-11-9-15(13-18)12-17-6-2/h15,17H,5-14H2,1-4H3. The summed E-state index contributed by atoms with van der Waals surface area (Å²) in [5.74, 6) is 0.886. The van der Waals surface area contributed by atoms with Gasteiger partial charge in [-0.15, -0.1) is 0 Å². The Labute approximate surface area is 115 Å². The van der Waals surface area contributed by atoms with Crippen molar-refractivity contribution in [3.05, 3.63) is 0 Å². The van der Waals surface area contributed by atoms with Crippen molar-refractivity contribution in [2.75, 3.05) is 32.7 Å². The van der Waals surface area contributed by atoms with Crippen molar-refractivity contribution in [1.29, 1.82) is 0 Å². The molecule has 0 bridgehead atoms. The van der Waals surface area contributed by atoms with Crippen LogP contribution in [-0.2, 0) is 0 Å². The fourth-order valence-electron chi connectivity index (χ4n) is 3.11. The first-order chi connectivity index (χ1) is 8.57. The van der Waals surface area contributed by atoms with Gasteiger partial charge in [0.25, 0.3) is 0 Å². The maximum Gasteiger partial charge on any atom is 0.00328 e. The summed E-state index contributed by atoms with van der Waals surface area (Å²) in [4.78, 5) is 2.69. The third-order valence-corrected chi connectivity index (χ3v) is 4.16. The molecule has 0 aromatic carbocycles. The van der Waals surface area contributed by atoms with Crippen molar-refractivity contribution in [3.8, 4) is 0 Å². The van der Waals surface area contributed by atoms with Crippen molar-refractivity contribution in [2.45, 2.75) is 59.8 Å². The van der Waals surface area contributed by atoms with Gasteiger partial charge in [-0.3, -0.25) is 0 Å². The molecule has 1 aliphatic heterocycles. The first kappa shape index (κ1) is 16.0. The van der Waals surface area contributed by atoms with E-state index in [0.717, 1.165) is 12.5 Å². The van der Waals surface area contributed by atoms with Crippen molar-refractivity contribution >= 4 is 0 Å². The normalized spacial score (nSPS) is 21.7. The van der Waals surface area contributed by atoms with Crippen LogP contribution in [0.15, 0.2) is 0 Å². The second kappa shape index (κ2) is 8.16. The van der Waals surface area contributed by atoms with Gasteiger partial charge in [-0.25, -0.2) is 0 Å². The molecule has 1 heterocycles. The second-order valence-electron chi connectivity index (χ2n) is 6.82. The molecule has 0 radical (unpaired) electrons. The quantitative estimate of drug-likeness (QED) is 0.633. The molecule has 0 spiro atoms. The van der Waals surface area contributed by atoms with Gasteiger partial charge in [0.15, 0.2) is 0 Å². The van der Waals surface area contributed by atoms with Crippen LogP contribution < -0.4 is 5.32 Å². The maximum absolute atomic E-state index is 3.49. The van der Waals surface area contributed by atoms with Gasteiger partial charge in [-0.2, -0.15) is 0 Å². The predicted molar refractivity (Wildman–Crippen MR) is 81.0 cm³/mol. The predicted octanol–water partition coefficient (Wildman–Crippen LogP) is 3.52. The molecule has 1 fully saturated rings. The largest absolute Gasteiger partial charge is 0.317 e. The topological polar surface area (TPSA) is 15.3 Å². The molecule has 0 aromatic rings. The Morgan fingerprint density at radius 1 is 1.22 bits per heavy atom. The summed E-state index contributed by atoms with van der Waals surface area (Å²) in [5.41, 5.74) is 0.502. The molecule has 108 valence electrons. The van der Waals surface area contributed by atoms with E-state index in [4.69, 9.17) is 0 Å². The zero-order chi connectivity index (χ0) is 13.4. The highest BCUT2D eigenvalue weighted by atomic mass is 15.2. The number of nitrogens with one attached hydrogen (secondary N) is 1. The second-order valence-corrected chi connectivity index (χ2v) is 6.82. The molecule has 1 atom stereocenters. The van der Waals surface area contributed by atoms with Crippen molar-refractivity contribution in [1.82, 2.24) is 10.2 Å². The molecule has 1 N–H and O–H groups in total. The zero-order valence-corrected chi connectivity index (χ0v) is 13.1. The molecule has 2 nitrogen and oxygen atoms in total. The summed E-state index contributed by atoms with van der Waals surface area (Å²) in [7, 11) is 0. The highest BCUT2D eigenvalue weighted by Gasteiger charge is 2.27. The fourth-order valence-corrected chi connectivity index (χ4v) is 3.11. The summed E-state index contributed by atoms with van der Waals surface area (Å²) in [5, 5.41) is 3.49. The van der Waals surface area contributed by atoms with E-state index in [9.17, 15) is 0 Å². The summed E-state index contributed by atoms with van der Waals surface area (Å²) < 4.78 is 0. The van der Waals surface area contributed by atoms with Crippen molar-refractivity contribution in [3.63, 3.8) is 0 Å². The lowest BCUT2D eigenvalue weighted by Gasteiger charge is -2.30. The molecule has 0 saturated carbocycles. The first-order valence-electron chi connectivity index (χ1n) is 8.00. The first-order valence-corrected chi connectivity index (χ1v) is 8.00. The van der Waals surface area contributed by atoms with E-state index in [2.05, 4.69) is 37.9 Å². The van der Waals surface area contributed by atoms with E-state index >= 15 is 0 Å². The average Bonchev–Trinajstić information content (AvgIpc) is 2.73. The smallest absolute Gasteiger partial charge is 0.00328 e. The molecule has 1 saturated heterocycles. The van der Waals surface area contributed by atoms with Gasteiger partial charge >= 0.3 is 0 Å². The van der Waals surface area contributed by atoms with Crippen LogP contribution in [-0.4, -0.2) is 37.6 Å². The molecule has 1 aliphatic rings. The Balaban J connectivity index is 2.21. The minimum Gasteiger partial charge on any atom is -0.317 e. The Morgan fingerprint density at radius 2 is 2.00 bits per heavy atom. The third kappa shape index (κ3) is 6.19. The lowest BCUT2D eigenvalue weighted by atomic mass is 9.86. The van der Waals surface area contributed by atoms with Crippen LogP contribution in [0.3, 0.4) is 0 Å². The van der Waals surface area contributed by atoms with Crippen LogP contribution in [0.25, 0.3) is 0 Å². The van der Waals surface area contributed by atoms with Gasteiger partial charge in [0.2, 0.25) is 0 Å². The third-order valence-electron chi connectivity index (χ3n) is 4.16. The van der Waals surface area contributed by atoms with Crippen LogP contribution in [0.1, 0.15) is 59.8 Å². The minimum atomic E-state index is 0.502. The van der Waals surface area contributed by atoms with Crippen LogP contribution in [0.4, 0.5) is 0 Å². The lowest BCUT2D eigenvalue weighted by molar-refractivity contribution is 0.188. The van der Waals surface area contributed by atoms with Crippen LogP contribution in [0.2, 0.25) is 0 Å². The zero-order valence-electron chi connectivity index (χ0n) is 13.1. The molecule has 0 aliphatic carbocycles. The molecular formula is C16H34N2. The van der Waals surface area contributed by atoms with E-state index in [1.54, 1.807) is 0 Å². The Morgan fingerprint density at radius 3 is 2.67 bits per heavy atom.